The third kappa shape index (κ3) is 5.22. The number of halogens is 4. The summed E-state index contributed by atoms with van der Waals surface area (Å²) in [6.07, 6.45) is -3.07. The fraction of sp³-hybridized carbons (Fsp3) is 0.320. The minimum Gasteiger partial charge on any atom is -0.414 e. The van der Waals surface area contributed by atoms with Crippen LogP contribution in [0.25, 0.3) is 11.4 Å². The van der Waals surface area contributed by atoms with E-state index in [-0.39, 0.29) is 24.3 Å². The first-order valence-corrected chi connectivity index (χ1v) is 11.8. The number of hydrogen-bond acceptors (Lipinski definition) is 5. The van der Waals surface area contributed by atoms with Crippen LogP contribution >= 0.6 is 0 Å². The highest BCUT2D eigenvalue weighted by Crippen LogP contribution is 2.30. The third-order valence-corrected chi connectivity index (χ3v) is 6.83. The minimum atomic E-state index is -2.68. The van der Waals surface area contributed by atoms with Crippen molar-refractivity contribution < 1.29 is 27.0 Å². The third-order valence-electron chi connectivity index (χ3n) is 6.83. The second kappa shape index (κ2) is 10.9. The van der Waals surface area contributed by atoms with Gasteiger partial charge in [-0.25, -0.2) is 17.6 Å². The number of nitrogens with one attached hydrogen (secondary N) is 1. The molecule has 2 aromatic rings. The van der Waals surface area contributed by atoms with Crippen molar-refractivity contribution in [1.82, 2.24) is 10.2 Å². The molecular formula is C25H27B2F4N3O2. The van der Waals surface area contributed by atoms with Gasteiger partial charge < -0.3 is 25.3 Å². The van der Waals surface area contributed by atoms with E-state index in [1.165, 1.54) is 12.1 Å². The molecule has 0 aromatic heterocycles. The van der Waals surface area contributed by atoms with Gasteiger partial charge in [-0.05, 0) is 46.3 Å². The van der Waals surface area contributed by atoms with E-state index in [2.05, 4.69) is 18.5 Å². The van der Waals surface area contributed by atoms with Crippen LogP contribution < -0.4 is 21.9 Å². The van der Waals surface area contributed by atoms with Crippen LogP contribution in [0.5, 0.6) is 0 Å². The van der Waals surface area contributed by atoms with Gasteiger partial charge in [0.05, 0.1) is 13.2 Å². The van der Waals surface area contributed by atoms with Gasteiger partial charge in [0.15, 0.2) is 7.28 Å². The molecule has 0 fully saturated rings. The average Bonchev–Trinajstić information content (AvgIpc) is 3.48. The monoisotopic (exact) mass is 499 g/mol. The molecule has 11 heteroatoms. The van der Waals surface area contributed by atoms with Crippen molar-refractivity contribution in [3.8, 4) is 0 Å². The zero-order valence-electron chi connectivity index (χ0n) is 19.8. The van der Waals surface area contributed by atoms with Gasteiger partial charge in [0, 0.05) is 35.6 Å². The topological polar surface area (TPSA) is 67.6 Å². The zero-order valence-corrected chi connectivity index (χ0v) is 19.8. The predicted octanol–water partition coefficient (Wildman–Crippen LogP) is 2.51. The molecule has 2 heterocycles. The van der Waals surface area contributed by atoms with E-state index in [1.807, 2.05) is 6.07 Å². The first-order valence-electron chi connectivity index (χ1n) is 11.8. The second-order valence-corrected chi connectivity index (χ2v) is 8.99. The van der Waals surface area contributed by atoms with Gasteiger partial charge in [0.25, 0.3) is 12.9 Å². The number of alkyl halides is 4. The maximum atomic E-state index is 13.7. The van der Waals surface area contributed by atoms with Crippen LogP contribution in [0, 0.1) is 0 Å². The van der Waals surface area contributed by atoms with E-state index in [9.17, 15) is 22.4 Å². The number of hydrogen-bond donors (Lipinski definition) is 2. The van der Waals surface area contributed by atoms with Crippen molar-refractivity contribution in [2.24, 2.45) is 5.64 Å². The van der Waals surface area contributed by atoms with Gasteiger partial charge >= 0.3 is 7.05 Å². The molecule has 2 aliphatic rings. The fourth-order valence-electron chi connectivity index (χ4n) is 4.92. The van der Waals surface area contributed by atoms with Crippen molar-refractivity contribution in [3.05, 3.63) is 70.8 Å². The Morgan fingerprint density at radius 2 is 1.83 bits per heavy atom. The molecule has 2 aliphatic heterocycles. The Morgan fingerprint density at radius 3 is 2.53 bits per heavy atom. The Bertz CT molecular complexity index is 1190. The number of fused-ring (bicyclic) bond motifs is 2. The largest absolute Gasteiger partial charge is 0.414 e. The quantitative estimate of drug-likeness (QED) is 0.283. The highest BCUT2D eigenvalue weighted by atomic mass is 19.3. The van der Waals surface area contributed by atoms with Crippen LogP contribution in [0.15, 0.2) is 37.4 Å². The lowest BCUT2D eigenvalue weighted by molar-refractivity contribution is -0.108. The Hall–Kier alpha value is -3.04. The Kier molecular flexibility index (Phi) is 7.90. The van der Waals surface area contributed by atoms with Crippen LogP contribution in [-0.2, 0) is 22.5 Å². The van der Waals surface area contributed by atoms with Crippen LogP contribution in [0.4, 0.5) is 17.6 Å². The molecule has 0 aliphatic carbocycles. The summed E-state index contributed by atoms with van der Waals surface area (Å²) in [4.78, 5) is 13.0. The number of carbonyl (C=O) groups is 1. The molecule has 36 heavy (non-hydrogen) atoms. The minimum absolute atomic E-state index is 0.0207. The van der Waals surface area contributed by atoms with Crippen LogP contribution in [0.1, 0.15) is 46.2 Å². The molecular weight excluding hydrogens is 472 g/mol. The highest BCUT2D eigenvalue weighted by molar-refractivity contribution is 6.65. The van der Waals surface area contributed by atoms with Gasteiger partial charge in [0.1, 0.15) is 6.29 Å². The van der Waals surface area contributed by atoms with E-state index in [0.717, 1.165) is 25.3 Å². The number of nitrogens with zero attached hydrogens (tertiary/aromatic N) is 1. The van der Waals surface area contributed by atoms with Crippen molar-refractivity contribution in [3.63, 3.8) is 0 Å². The number of benzene rings is 2. The molecule has 5 nitrogen and oxygen atoms in total. The van der Waals surface area contributed by atoms with E-state index in [1.54, 1.807) is 11.0 Å². The summed E-state index contributed by atoms with van der Waals surface area (Å²) in [6, 6.07) is 6.40. The van der Waals surface area contributed by atoms with Gasteiger partial charge in [0.2, 0.25) is 0 Å². The smallest absolute Gasteiger partial charge is 0.413 e. The number of nitrogens with two attached hydrogens (primary N) is 1. The van der Waals surface area contributed by atoms with Gasteiger partial charge in [-0.1, -0.05) is 37.1 Å². The number of carbonyl (C=O) groups excluding carboxylic acids is 1. The summed E-state index contributed by atoms with van der Waals surface area (Å²) in [5.74, 6) is 0. The molecule has 0 unspecified atom stereocenters. The maximum Gasteiger partial charge on any atom is 0.413 e. The molecule has 2 aromatic carbocycles. The summed E-state index contributed by atoms with van der Waals surface area (Å²) in [5.41, 5.74) is 10.2. The van der Waals surface area contributed by atoms with Crippen LogP contribution in [0.3, 0.4) is 0 Å². The summed E-state index contributed by atoms with van der Waals surface area (Å²) in [7, 11) is -0.0384. The van der Waals surface area contributed by atoms with E-state index in [0.29, 0.717) is 58.6 Å². The van der Waals surface area contributed by atoms with E-state index in [4.69, 9.17) is 10.3 Å². The summed E-state index contributed by atoms with van der Waals surface area (Å²) in [6.45, 7) is 8.71. The molecule has 0 saturated carbocycles. The van der Waals surface area contributed by atoms with Gasteiger partial charge in [-0.2, -0.15) is 0 Å². The maximum absolute atomic E-state index is 13.7. The lowest BCUT2D eigenvalue weighted by Crippen LogP contribution is -2.39. The van der Waals surface area contributed by atoms with E-state index >= 15 is 0 Å². The lowest BCUT2D eigenvalue weighted by Gasteiger charge is -2.26. The Morgan fingerprint density at radius 1 is 1.14 bits per heavy atom. The molecule has 0 saturated heterocycles. The summed E-state index contributed by atoms with van der Waals surface area (Å²) < 4.78 is 59.9. The molecule has 4 rings (SSSR count). The highest BCUT2D eigenvalue weighted by Gasteiger charge is 2.30. The predicted molar refractivity (Wildman–Crippen MR) is 136 cm³/mol. The summed E-state index contributed by atoms with van der Waals surface area (Å²) >= 11 is 0. The molecule has 0 spiro atoms. The molecule has 0 radical (unpaired) electrons. The standard InChI is InChI=1S/C25H27B2F4N3O2/c1-14(16-9-20(25(30)31)21-13-36-27(32)23(21)12-16)33-5-6-34(7-8-35)15(2)17-10-19(24(28)29)18-3-4-26-22(18)11-17/h8-12,24-26,33H,1-7,13,32H2. The van der Waals surface area contributed by atoms with Gasteiger partial charge in [-0.3, -0.25) is 0 Å². The van der Waals surface area contributed by atoms with E-state index < -0.39 is 19.9 Å². The van der Waals surface area contributed by atoms with Crippen molar-refractivity contribution in [2.45, 2.75) is 32.2 Å². The molecule has 0 bridgehead atoms. The van der Waals surface area contributed by atoms with Crippen molar-refractivity contribution in [2.75, 3.05) is 19.6 Å². The van der Waals surface area contributed by atoms with Crippen molar-refractivity contribution >= 4 is 42.9 Å². The molecule has 188 valence electrons. The first-order chi connectivity index (χ1) is 17.2. The van der Waals surface area contributed by atoms with Gasteiger partial charge in [-0.15, -0.1) is 0 Å². The Balaban J connectivity index is 1.47. The van der Waals surface area contributed by atoms with Crippen molar-refractivity contribution in [1.29, 1.82) is 0 Å². The number of aldehydes is 1. The summed E-state index contributed by atoms with van der Waals surface area (Å²) in [5, 5.41) is 3.10. The molecule has 0 atom stereocenters. The molecule has 0 amide bonds. The van der Waals surface area contributed by atoms with Crippen LogP contribution in [-0.4, -0.2) is 45.2 Å². The normalized spacial score (nSPS) is 14.0. The first kappa shape index (κ1) is 26.0. The Labute approximate surface area is 208 Å². The average molecular weight is 499 g/mol. The lowest BCUT2D eigenvalue weighted by atomic mass is 9.71. The zero-order chi connectivity index (χ0) is 26.0. The van der Waals surface area contributed by atoms with Crippen LogP contribution in [0.2, 0.25) is 6.32 Å². The SMILES string of the molecule is C=C(NCCN(CC=O)C(=C)c1cc2c(c(C(F)F)c1)CCB2)c1cc2c(c(C(F)F)c1)COB2N. The second-order valence-electron chi connectivity index (χ2n) is 8.99. The fourth-order valence-corrected chi connectivity index (χ4v) is 4.92. The molecule has 3 N–H and O–H groups in total. The number of rotatable bonds is 11.